The Hall–Kier alpha value is -3.13. The van der Waals surface area contributed by atoms with Crippen LogP contribution in [0.25, 0.3) is 0 Å². The number of rotatable bonds is 9. The number of ether oxygens (including phenoxy) is 2. The second-order valence-electron chi connectivity index (χ2n) is 8.01. The second kappa shape index (κ2) is 12.2. The molecule has 0 bridgehead atoms. The molecular weight excluding hydrogens is 495 g/mol. The molecule has 0 saturated carbocycles. The first-order valence-corrected chi connectivity index (χ1v) is 12.0. The van der Waals surface area contributed by atoms with Crippen LogP contribution in [0.1, 0.15) is 19.8 Å². The Kier molecular flexibility index (Phi) is 9.31. The quantitative estimate of drug-likeness (QED) is 0.221. The van der Waals surface area contributed by atoms with E-state index in [1.165, 1.54) is 6.21 Å². The molecule has 2 aromatic rings. The van der Waals surface area contributed by atoms with E-state index in [0.717, 1.165) is 11.4 Å². The van der Waals surface area contributed by atoms with Crippen molar-refractivity contribution in [1.29, 1.82) is 0 Å². The molecule has 0 N–H and O–H groups in total. The Balaban J connectivity index is 1.82. The Bertz CT molecular complexity index is 1080. The lowest BCUT2D eigenvalue weighted by atomic mass is 10.0. The molecule has 1 aliphatic rings. The van der Waals surface area contributed by atoms with E-state index in [1.807, 2.05) is 26.3 Å². The van der Waals surface area contributed by atoms with E-state index in [-0.39, 0.29) is 6.04 Å². The van der Waals surface area contributed by atoms with Crippen LogP contribution in [0.2, 0.25) is 0 Å². The molecule has 1 aliphatic heterocycles. The fourth-order valence-corrected chi connectivity index (χ4v) is 4.18. The zero-order chi connectivity index (χ0) is 26.3. The molecule has 2 atom stereocenters. The Morgan fingerprint density at radius 3 is 2.47 bits per heavy atom. The summed E-state index contributed by atoms with van der Waals surface area (Å²) < 4.78 is 62.2. The van der Waals surface area contributed by atoms with Gasteiger partial charge in [0.05, 0.1) is 25.2 Å². The number of halogens is 4. The van der Waals surface area contributed by atoms with Crippen molar-refractivity contribution in [2.24, 2.45) is 4.99 Å². The average Bonchev–Trinajstić information content (AvgIpc) is 2.85. The average molecular weight is 524 g/mol. The first-order chi connectivity index (χ1) is 17.1. The van der Waals surface area contributed by atoms with Gasteiger partial charge in [0.15, 0.2) is 0 Å². The summed E-state index contributed by atoms with van der Waals surface area (Å²) in [5, 5.41) is 0. The molecule has 11 heteroatoms. The lowest BCUT2D eigenvalue weighted by molar-refractivity contribution is -0.0918. The van der Waals surface area contributed by atoms with E-state index >= 15 is 0 Å². The van der Waals surface area contributed by atoms with Gasteiger partial charge >= 0.3 is 6.18 Å². The van der Waals surface area contributed by atoms with Crippen LogP contribution in [0.5, 0.6) is 11.5 Å². The molecule has 0 radical (unpaired) electrons. The van der Waals surface area contributed by atoms with Crippen LogP contribution in [0.15, 0.2) is 71.8 Å². The Morgan fingerprint density at radius 2 is 1.92 bits per heavy atom. The topological polar surface area (TPSA) is 50.2 Å². The molecule has 1 aromatic carbocycles. The van der Waals surface area contributed by atoms with Crippen molar-refractivity contribution in [1.82, 2.24) is 9.88 Å². The Morgan fingerprint density at radius 1 is 1.25 bits per heavy atom. The maximum atomic E-state index is 13.2. The Labute approximate surface area is 210 Å². The summed E-state index contributed by atoms with van der Waals surface area (Å²) >= 11 is 0. The van der Waals surface area contributed by atoms with Gasteiger partial charge in [-0.2, -0.15) is 17.6 Å². The number of anilines is 2. The number of aliphatic imine (C=N–C) groups is 1. The van der Waals surface area contributed by atoms with E-state index in [2.05, 4.69) is 21.5 Å². The van der Waals surface area contributed by atoms with Gasteiger partial charge in [-0.1, -0.05) is 21.9 Å². The second-order valence-corrected chi connectivity index (χ2v) is 8.54. The number of alkyl halides is 4. The molecule has 1 saturated heterocycles. The van der Waals surface area contributed by atoms with Crippen LogP contribution < -0.4 is 14.4 Å². The highest BCUT2D eigenvalue weighted by atomic mass is 31.0. The van der Waals surface area contributed by atoms with Crippen LogP contribution in [0, 0.1) is 0 Å². The minimum absolute atomic E-state index is 0.0435. The van der Waals surface area contributed by atoms with Gasteiger partial charge in [0.1, 0.15) is 22.9 Å². The van der Waals surface area contributed by atoms with Gasteiger partial charge in [0, 0.05) is 37.1 Å². The van der Waals surface area contributed by atoms with Crippen molar-refractivity contribution in [3.63, 3.8) is 0 Å². The van der Waals surface area contributed by atoms with Gasteiger partial charge in [0.2, 0.25) is 6.10 Å². The monoisotopic (exact) mass is 524 g/mol. The molecule has 6 nitrogen and oxygen atoms in total. The summed E-state index contributed by atoms with van der Waals surface area (Å²) in [5.74, 6) is 1.04. The van der Waals surface area contributed by atoms with Crippen LogP contribution in [-0.4, -0.2) is 54.6 Å². The molecule has 0 spiro atoms. The zero-order valence-electron chi connectivity index (χ0n) is 20.1. The van der Waals surface area contributed by atoms with E-state index in [0.29, 0.717) is 43.1 Å². The number of hydrogen-bond donors (Lipinski definition) is 0. The number of allylic oxidation sites excluding steroid dienone is 3. The molecule has 1 aromatic heterocycles. The smallest absolute Gasteiger partial charge is 0.432 e. The summed E-state index contributed by atoms with van der Waals surface area (Å²) in [6.07, 6.45) is 1.66. The molecule has 0 aliphatic carbocycles. The number of hydrogen-bond acceptors (Lipinski definition) is 6. The molecular formula is C25H29F4N4O2P. The highest BCUT2D eigenvalue weighted by Gasteiger charge is 2.32. The fraction of sp³-hybridized carbons (Fsp3) is 0.360. The molecule has 36 heavy (non-hydrogen) atoms. The molecule has 2 heterocycles. The number of benzene rings is 1. The fourth-order valence-electron chi connectivity index (χ4n) is 4.03. The van der Waals surface area contributed by atoms with Crippen molar-refractivity contribution in [3.8, 4) is 11.5 Å². The highest BCUT2D eigenvalue weighted by Crippen LogP contribution is 2.38. The summed E-state index contributed by atoms with van der Waals surface area (Å²) in [5.41, 5.74) is 1.08. The van der Waals surface area contributed by atoms with E-state index in [1.54, 1.807) is 50.7 Å². The maximum absolute atomic E-state index is 13.2. The molecule has 194 valence electrons. The maximum Gasteiger partial charge on any atom is 0.432 e. The largest absolute Gasteiger partial charge is 0.494 e. The number of piperidine rings is 1. The lowest BCUT2D eigenvalue weighted by Crippen LogP contribution is -2.43. The van der Waals surface area contributed by atoms with Crippen molar-refractivity contribution in [3.05, 3.63) is 66.8 Å². The van der Waals surface area contributed by atoms with Crippen LogP contribution in [0.3, 0.4) is 0 Å². The third kappa shape index (κ3) is 6.97. The molecule has 0 amide bonds. The summed E-state index contributed by atoms with van der Waals surface area (Å²) in [6, 6.07) is 8.89. The number of pyridine rings is 1. The van der Waals surface area contributed by atoms with Gasteiger partial charge in [-0.05, 0) is 44.0 Å². The minimum Gasteiger partial charge on any atom is -0.494 e. The van der Waals surface area contributed by atoms with Gasteiger partial charge in [0.25, 0.3) is 0 Å². The lowest BCUT2D eigenvalue weighted by Gasteiger charge is -2.41. The zero-order valence-corrected chi connectivity index (χ0v) is 21.2. The first-order valence-electron chi connectivity index (χ1n) is 11.3. The molecule has 3 rings (SSSR count). The standard InChI is InChI=1S/C25H29F4N4O2P/c1-4-18(15-31-17(2)25(27,28)29)32-13-10-20(11-14-32)33(22-16-30-12-9-23(22)34-3)19-5-7-21(8-6-19)35-24(26)36/h4-9,12,15-16,20,24H,2,10-11,13-14,36H2,1,3H3/b18-4+,31-15?. The minimum atomic E-state index is -4.56. The molecule has 2 unspecified atom stereocenters. The van der Waals surface area contributed by atoms with E-state index < -0.39 is 18.0 Å². The van der Waals surface area contributed by atoms with Gasteiger partial charge in [-0.15, -0.1) is 0 Å². The predicted octanol–water partition coefficient (Wildman–Crippen LogP) is 6.25. The van der Waals surface area contributed by atoms with Crippen LogP contribution in [0.4, 0.5) is 28.9 Å². The predicted molar refractivity (Wildman–Crippen MR) is 137 cm³/mol. The number of aromatic nitrogens is 1. The summed E-state index contributed by atoms with van der Waals surface area (Å²) in [4.78, 5) is 11.9. The van der Waals surface area contributed by atoms with E-state index in [9.17, 15) is 17.6 Å². The van der Waals surface area contributed by atoms with Crippen molar-refractivity contribution in [2.75, 3.05) is 25.1 Å². The SMILES string of the molecule is C=C(N=C/C(=C\C)N1CCC(N(c2ccc(OC(F)P)cc2)c2cnccc2OC)CC1)C(F)(F)F. The van der Waals surface area contributed by atoms with Crippen molar-refractivity contribution < 1.29 is 27.0 Å². The number of nitrogens with zero attached hydrogens (tertiary/aromatic N) is 4. The van der Waals surface area contributed by atoms with Crippen LogP contribution in [-0.2, 0) is 0 Å². The van der Waals surface area contributed by atoms with Crippen molar-refractivity contribution >= 4 is 26.8 Å². The molecule has 1 fully saturated rings. The van der Waals surface area contributed by atoms with Gasteiger partial charge in [-0.25, -0.2) is 0 Å². The number of likely N-dealkylation sites (tertiary alicyclic amines) is 1. The third-order valence-corrected chi connectivity index (χ3v) is 5.91. The van der Waals surface area contributed by atoms with E-state index in [4.69, 9.17) is 9.47 Å². The van der Waals surface area contributed by atoms with Crippen LogP contribution >= 0.6 is 9.24 Å². The third-order valence-electron chi connectivity index (χ3n) is 5.77. The van der Waals surface area contributed by atoms with Crippen molar-refractivity contribution in [2.45, 2.75) is 38.1 Å². The first kappa shape index (κ1) is 27.5. The van der Waals surface area contributed by atoms with Gasteiger partial charge in [-0.3, -0.25) is 9.98 Å². The summed E-state index contributed by atoms with van der Waals surface area (Å²) in [7, 11) is 3.53. The summed E-state index contributed by atoms with van der Waals surface area (Å²) in [6.45, 7) is 5.96. The number of methoxy groups -OCH3 is 1. The highest BCUT2D eigenvalue weighted by molar-refractivity contribution is 7.16. The normalized spacial score (nSPS) is 16.2. The van der Waals surface area contributed by atoms with Gasteiger partial charge < -0.3 is 19.3 Å².